The van der Waals surface area contributed by atoms with Crippen LogP contribution in [0.25, 0.3) is 0 Å². The first-order valence-electron chi connectivity index (χ1n) is 11.1. The molecule has 0 radical (unpaired) electrons. The summed E-state index contributed by atoms with van der Waals surface area (Å²) in [6.45, 7) is 3.53. The molecular weight excluding hydrogens is 390 g/mol. The first kappa shape index (κ1) is 20.0. The Morgan fingerprint density at radius 1 is 1.23 bits per heavy atom. The monoisotopic (exact) mass is 417 g/mol. The zero-order valence-corrected chi connectivity index (χ0v) is 17.8. The fourth-order valence-electron chi connectivity index (χ4n) is 5.20. The predicted molar refractivity (Wildman–Crippen MR) is 115 cm³/mol. The van der Waals surface area contributed by atoms with Crippen LogP contribution in [0.4, 0.5) is 5.82 Å². The van der Waals surface area contributed by atoms with Crippen LogP contribution >= 0.6 is 0 Å². The molecular formula is C24H27N5O2. The largest absolute Gasteiger partial charge is 0.360 e. The maximum absolute atomic E-state index is 13.0. The van der Waals surface area contributed by atoms with Crippen molar-refractivity contribution < 1.29 is 9.53 Å². The van der Waals surface area contributed by atoms with E-state index < -0.39 is 0 Å². The topological polar surface area (TPSA) is 82.4 Å². The minimum Gasteiger partial charge on any atom is -0.360 e. The normalized spacial score (nSPS) is 23.9. The first-order valence-corrected chi connectivity index (χ1v) is 11.1. The molecule has 31 heavy (non-hydrogen) atoms. The van der Waals surface area contributed by atoms with Gasteiger partial charge in [-0.1, -0.05) is 6.07 Å². The van der Waals surface area contributed by atoms with E-state index in [4.69, 9.17) is 10.00 Å². The van der Waals surface area contributed by atoms with Gasteiger partial charge in [0, 0.05) is 49.3 Å². The van der Waals surface area contributed by atoms with E-state index in [1.807, 2.05) is 36.4 Å². The molecule has 2 saturated heterocycles. The van der Waals surface area contributed by atoms with Gasteiger partial charge < -0.3 is 14.5 Å². The van der Waals surface area contributed by atoms with Crippen LogP contribution in [0, 0.1) is 18.3 Å². The van der Waals surface area contributed by atoms with Crippen molar-refractivity contribution in [1.29, 1.82) is 5.26 Å². The summed E-state index contributed by atoms with van der Waals surface area (Å²) >= 11 is 0. The van der Waals surface area contributed by atoms with Crippen LogP contribution in [0.3, 0.4) is 0 Å². The van der Waals surface area contributed by atoms with Gasteiger partial charge in [0.25, 0.3) is 0 Å². The van der Waals surface area contributed by atoms with E-state index >= 15 is 0 Å². The summed E-state index contributed by atoms with van der Waals surface area (Å²) in [5.41, 5.74) is 2.41. The smallest absolute Gasteiger partial charge is 0.248 e. The maximum atomic E-state index is 13.0. The Bertz CT molecular complexity index is 997. The zero-order chi connectivity index (χ0) is 21.4. The number of hydrogen-bond donors (Lipinski definition) is 0. The van der Waals surface area contributed by atoms with Crippen LogP contribution in [0.5, 0.6) is 0 Å². The van der Waals surface area contributed by atoms with Gasteiger partial charge in [0.2, 0.25) is 5.91 Å². The molecule has 4 heterocycles. The van der Waals surface area contributed by atoms with Crippen LogP contribution < -0.4 is 4.90 Å². The first-order chi connectivity index (χ1) is 15.1. The van der Waals surface area contributed by atoms with E-state index in [1.54, 1.807) is 6.20 Å². The molecule has 3 aliphatic rings. The Kier molecular flexibility index (Phi) is 5.11. The Hall–Kier alpha value is -2.98. The molecule has 2 atom stereocenters. The molecule has 2 aliphatic heterocycles. The van der Waals surface area contributed by atoms with Crippen molar-refractivity contribution in [1.82, 2.24) is 14.9 Å². The molecule has 2 bridgehead atoms. The van der Waals surface area contributed by atoms with Gasteiger partial charge in [-0.3, -0.25) is 9.78 Å². The summed E-state index contributed by atoms with van der Waals surface area (Å²) in [5, 5.41) is 9.00. The number of aromatic nitrogens is 2. The second-order valence-electron chi connectivity index (χ2n) is 9.00. The minimum atomic E-state index is -0.359. The fourth-order valence-corrected chi connectivity index (χ4v) is 5.20. The Morgan fingerprint density at radius 2 is 2.00 bits per heavy atom. The van der Waals surface area contributed by atoms with Gasteiger partial charge in [-0.15, -0.1) is 0 Å². The van der Waals surface area contributed by atoms with Gasteiger partial charge in [-0.25, -0.2) is 4.98 Å². The van der Waals surface area contributed by atoms with Crippen molar-refractivity contribution in [3.05, 3.63) is 53.5 Å². The molecule has 1 amide bonds. The zero-order valence-electron chi connectivity index (χ0n) is 17.8. The highest BCUT2D eigenvalue weighted by Crippen LogP contribution is 2.44. The number of ether oxygens (including phenoxy) is 1. The number of carbonyl (C=O) groups is 1. The summed E-state index contributed by atoms with van der Waals surface area (Å²) < 4.78 is 6.26. The molecule has 0 spiro atoms. The summed E-state index contributed by atoms with van der Waals surface area (Å²) in [5.74, 6) is 0.964. The van der Waals surface area contributed by atoms with E-state index in [0.717, 1.165) is 49.0 Å². The van der Waals surface area contributed by atoms with E-state index in [-0.39, 0.29) is 30.2 Å². The van der Waals surface area contributed by atoms with E-state index in [0.29, 0.717) is 18.7 Å². The number of fused-ring (bicyclic) bond motifs is 2. The maximum Gasteiger partial charge on any atom is 0.248 e. The number of hydrogen-bond acceptors (Lipinski definition) is 6. The standard InChI is InChI=1S/C24H27N5O2/c1-17-9-19(13-26-11-17)24(7-2-8-24)31-16-23(30)28-14-20-4-5-21(15-28)29(20)22-6-3-18(10-25)12-27-22/h3,6,9,11-13,20-21H,2,4-5,7-8,14-16H2,1H3/t20-,21?/m0/s1. The molecule has 2 aromatic rings. The molecule has 3 fully saturated rings. The second kappa shape index (κ2) is 7.93. The predicted octanol–water partition coefficient (Wildman–Crippen LogP) is 2.93. The number of carbonyl (C=O) groups excluding carboxylic acids is 1. The fraction of sp³-hybridized carbons (Fsp3) is 0.500. The van der Waals surface area contributed by atoms with Gasteiger partial charge in [-0.2, -0.15) is 5.26 Å². The van der Waals surface area contributed by atoms with Crippen molar-refractivity contribution in [3.8, 4) is 6.07 Å². The highest BCUT2D eigenvalue weighted by atomic mass is 16.5. The van der Waals surface area contributed by atoms with Gasteiger partial charge in [-0.05, 0) is 56.7 Å². The average Bonchev–Trinajstić information content (AvgIpc) is 3.02. The number of anilines is 1. The Morgan fingerprint density at radius 3 is 2.58 bits per heavy atom. The van der Waals surface area contributed by atoms with Gasteiger partial charge in [0.05, 0.1) is 11.2 Å². The van der Waals surface area contributed by atoms with Crippen molar-refractivity contribution in [3.63, 3.8) is 0 Å². The number of piperazine rings is 1. The minimum absolute atomic E-state index is 0.0659. The number of likely N-dealkylation sites (tertiary alicyclic amines) is 1. The lowest BCUT2D eigenvalue weighted by molar-refractivity contribution is -0.154. The van der Waals surface area contributed by atoms with E-state index in [2.05, 4.69) is 27.0 Å². The summed E-state index contributed by atoms with van der Waals surface area (Å²) in [6, 6.07) is 8.50. The molecule has 0 N–H and O–H groups in total. The van der Waals surface area contributed by atoms with Crippen LogP contribution in [0.15, 0.2) is 36.8 Å². The number of nitriles is 1. The molecule has 5 rings (SSSR count). The number of pyridine rings is 2. The molecule has 1 saturated carbocycles. The number of aryl methyl sites for hydroxylation is 1. The molecule has 0 aromatic carbocycles. The van der Waals surface area contributed by atoms with E-state index in [1.165, 1.54) is 0 Å². The summed E-state index contributed by atoms with van der Waals surface area (Å²) in [7, 11) is 0. The van der Waals surface area contributed by atoms with Crippen molar-refractivity contribution >= 4 is 11.7 Å². The molecule has 160 valence electrons. The Labute approximate surface area is 182 Å². The SMILES string of the molecule is Cc1cncc(C2(OCC(=O)N3CC4CC[C@@H](C3)N4c3ccc(C#N)cn3)CCC2)c1. The highest BCUT2D eigenvalue weighted by Gasteiger charge is 2.44. The average molecular weight is 418 g/mol. The molecule has 1 unspecified atom stereocenters. The van der Waals surface area contributed by atoms with Crippen molar-refractivity contribution in [2.24, 2.45) is 0 Å². The van der Waals surface area contributed by atoms with Crippen LogP contribution in [-0.4, -0.2) is 52.6 Å². The van der Waals surface area contributed by atoms with Crippen molar-refractivity contribution in [2.45, 2.75) is 56.7 Å². The molecule has 1 aliphatic carbocycles. The van der Waals surface area contributed by atoms with E-state index in [9.17, 15) is 4.79 Å². The molecule has 7 heteroatoms. The number of rotatable bonds is 5. The van der Waals surface area contributed by atoms with Gasteiger partial charge in [0.1, 0.15) is 18.5 Å². The quantitative estimate of drug-likeness (QED) is 0.744. The summed E-state index contributed by atoms with van der Waals surface area (Å²) in [4.78, 5) is 26.1. The number of amides is 1. The third-order valence-electron chi connectivity index (χ3n) is 7.01. The van der Waals surface area contributed by atoms with Gasteiger partial charge in [0.15, 0.2) is 0 Å². The lowest BCUT2D eigenvalue weighted by atomic mass is 9.75. The third-order valence-corrected chi connectivity index (χ3v) is 7.01. The molecule has 7 nitrogen and oxygen atoms in total. The lowest BCUT2D eigenvalue weighted by Crippen LogP contribution is -2.56. The number of nitrogens with zero attached hydrogens (tertiary/aromatic N) is 5. The van der Waals surface area contributed by atoms with Crippen LogP contribution in [0.1, 0.15) is 48.8 Å². The van der Waals surface area contributed by atoms with Crippen LogP contribution in [-0.2, 0) is 15.1 Å². The van der Waals surface area contributed by atoms with Crippen LogP contribution in [0.2, 0.25) is 0 Å². The third kappa shape index (κ3) is 3.66. The second-order valence-corrected chi connectivity index (χ2v) is 9.00. The Balaban J connectivity index is 1.23. The molecule has 2 aromatic heterocycles. The summed E-state index contributed by atoms with van der Waals surface area (Å²) in [6.07, 6.45) is 10.4. The van der Waals surface area contributed by atoms with Crippen molar-refractivity contribution in [2.75, 3.05) is 24.6 Å². The highest BCUT2D eigenvalue weighted by molar-refractivity contribution is 5.78. The van der Waals surface area contributed by atoms with Gasteiger partial charge >= 0.3 is 0 Å². The lowest BCUT2D eigenvalue weighted by Gasteiger charge is -2.44.